The minimum atomic E-state index is -0.687. The first-order valence-corrected chi connectivity index (χ1v) is 13.5. The number of esters is 1. The fourth-order valence-electron chi connectivity index (χ4n) is 4.24. The first-order valence-electron chi connectivity index (χ1n) is 12.3. The van der Waals surface area contributed by atoms with Gasteiger partial charge in [-0.15, -0.1) is 11.8 Å². The largest absolute Gasteiger partial charge is 0.496 e. The van der Waals surface area contributed by atoms with E-state index in [1.54, 1.807) is 42.1 Å². The van der Waals surface area contributed by atoms with E-state index in [0.717, 1.165) is 38.6 Å². The number of thioether (sulfide) groups is 1. The summed E-state index contributed by atoms with van der Waals surface area (Å²) in [7, 11) is 3.01. The van der Waals surface area contributed by atoms with Crippen LogP contribution < -0.4 is 4.90 Å². The molecule has 0 saturated carbocycles. The Morgan fingerprint density at radius 1 is 1.08 bits per heavy atom. The molecule has 0 radical (unpaired) electrons. The van der Waals surface area contributed by atoms with Gasteiger partial charge in [0.15, 0.2) is 0 Å². The lowest BCUT2D eigenvalue weighted by Gasteiger charge is -2.28. The third kappa shape index (κ3) is 7.07. The molecule has 0 N–H and O–H groups in total. The van der Waals surface area contributed by atoms with Crippen molar-refractivity contribution >= 4 is 35.2 Å². The number of hydrogen-bond acceptors (Lipinski definition) is 7. The van der Waals surface area contributed by atoms with Gasteiger partial charge in [-0.1, -0.05) is 18.2 Å². The summed E-state index contributed by atoms with van der Waals surface area (Å²) in [6.07, 6.45) is 3.81. The number of aliphatic imine (C=N–C) groups is 1. The molecule has 0 aliphatic carbocycles. The van der Waals surface area contributed by atoms with Gasteiger partial charge in [-0.25, -0.2) is 9.59 Å². The van der Waals surface area contributed by atoms with Crippen molar-refractivity contribution in [3.8, 4) is 11.1 Å². The number of allylic oxidation sites excluding steroid dienone is 2. The highest BCUT2D eigenvalue weighted by molar-refractivity contribution is 7.98. The minimum absolute atomic E-state index is 0.225. The Labute approximate surface area is 229 Å². The Balaban J connectivity index is 2.13. The number of anilines is 1. The lowest BCUT2D eigenvalue weighted by atomic mass is 9.99. The zero-order valence-electron chi connectivity index (χ0n) is 23.4. The lowest BCUT2D eigenvalue weighted by molar-refractivity contribution is 0.0580. The van der Waals surface area contributed by atoms with E-state index in [-0.39, 0.29) is 6.54 Å². The summed E-state index contributed by atoms with van der Waals surface area (Å²) < 4.78 is 16.4. The second-order valence-electron chi connectivity index (χ2n) is 10.0. The summed E-state index contributed by atoms with van der Waals surface area (Å²) in [5.41, 5.74) is 4.67. The predicted octanol–water partition coefficient (Wildman–Crippen LogP) is 7.27. The molecule has 0 aromatic heterocycles. The van der Waals surface area contributed by atoms with Crippen LogP contribution >= 0.6 is 11.8 Å². The van der Waals surface area contributed by atoms with Crippen molar-refractivity contribution in [3.05, 3.63) is 71.1 Å². The molecule has 0 fully saturated rings. The maximum atomic E-state index is 13.6. The van der Waals surface area contributed by atoms with Crippen molar-refractivity contribution in [2.24, 2.45) is 4.99 Å². The van der Waals surface area contributed by atoms with Gasteiger partial charge in [0.25, 0.3) is 0 Å². The van der Waals surface area contributed by atoms with Crippen LogP contribution in [0, 0.1) is 0 Å². The van der Waals surface area contributed by atoms with E-state index in [2.05, 4.69) is 4.99 Å². The zero-order chi connectivity index (χ0) is 28.0. The molecular formula is C30H36N2O5S. The molecule has 1 heterocycles. The number of carbonyl (C=O) groups is 2. The van der Waals surface area contributed by atoms with Gasteiger partial charge in [0, 0.05) is 34.5 Å². The maximum absolute atomic E-state index is 13.6. The molecule has 1 amide bonds. The highest BCUT2D eigenvalue weighted by atomic mass is 32.2. The number of benzene rings is 2. The first-order chi connectivity index (χ1) is 18.0. The molecule has 1 aliphatic rings. The number of rotatable bonds is 7. The van der Waals surface area contributed by atoms with Crippen molar-refractivity contribution in [3.63, 3.8) is 0 Å². The highest BCUT2D eigenvalue weighted by Crippen LogP contribution is 2.34. The van der Waals surface area contributed by atoms with E-state index in [1.807, 2.05) is 71.2 Å². The van der Waals surface area contributed by atoms with Gasteiger partial charge in [-0.2, -0.15) is 0 Å². The molecule has 2 aromatic carbocycles. The summed E-state index contributed by atoms with van der Waals surface area (Å²) in [6.45, 7) is 9.70. The maximum Gasteiger partial charge on any atom is 0.415 e. The van der Waals surface area contributed by atoms with Crippen LogP contribution in [-0.2, 0) is 14.2 Å². The van der Waals surface area contributed by atoms with Crippen molar-refractivity contribution in [1.82, 2.24) is 0 Å². The number of carbonyl (C=O) groups excluding carboxylic acids is 2. The molecule has 8 heteroatoms. The molecule has 0 bridgehead atoms. The molecule has 2 aromatic rings. The van der Waals surface area contributed by atoms with Crippen LogP contribution in [0.15, 0.2) is 75.5 Å². The van der Waals surface area contributed by atoms with Crippen LogP contribution in [0.3, 0.4) is 0 Å². The Bertz CT molecular complexity index is 1300. The molecule has 7 nitrogen and oxygen atoms in total. The molecule has 0 unspecified atom stereocenters. The second kappa shape index (κ2) is 12.3. The van der Waals surface area contributed by atoms with Gasteiger partial charge in [-0.3, -0.25) is 9.89 Å². The van der Waals surface area contributed by atoms with E-state index in [4.69, 9.17) is 14.2 Å². The average molecular weight is 537 g/mol. The molecule has 0 saturated heterocycles. The molecule has 1 aliphatic heterocycles. The van der Waals surface area contributed by atoms with E-state index in [9.17, 15) is 9.59 Å². The number of nitrogens with zero attached hydrogens (tertiary/aromatic N) is 2. The van der Waals surface area contributed by atoms with Crippen molar-refractivity contribution < 1.29 is 23.8 Å². The molecule has 0 atom stereocenters. The smallest absolute Gasteiger partial charge is 0.415 e. The summed E-state index contributed by atoms with van der Waals surface area (Å²) >= 11 is 1.55. The number of methoxy groups -OCH3 is 2. The van der Waals surface area contributed by atoms with Crippen LogP contribution in [0.5, 0.6) is 0 Å². The second-order valence-corrected chi connectivity index (χ2v) is 10.9. The van der Waals surface area contributed by atoms with Gasteiger partial charge in [-0.05, 0) is 81.8 Å². The normalized spacial score (nSPS) is 13.8. The van der Waals surface area contributed by atoms with E-state index >= 15 is 0 Å². The highest BCUT2D eigenvalue weighted by Gasteiger charge is 2.27. The molecule has 3 rings (SSSR count). The van der Waals surface area contributed by atoms with Gasteiger partial charge in [0.2, 0.25) is 0 Å². The number of amides is 1. The molecule has 38 heavy (non-hydrogen) atoms. The summed E-state index contributed by atoms with van der Waals surface area (Å²) in [5, 5.41) is 0. The Morgan fingerprint density at radius 2 is 1.79 bits per heavy atom. The van der Waals surface area contributed by atoms with Crippen molar-refractivity contribution in [2.75, 3.05) is 31.9 Å². The molecule has 0 spiro atoms. The first kappa shape index (κ1) is 29.0. The van der Waals surface area contributed by atoms with Crippen LogP contribution in [0.1, 0.15) is 51.4 Å². The quantitative estimate of drug-likeness (QED) is 0.273. The van der Waals surface area contributed by atoms with Crippen LogP contribution in [0.2, 0.25) is 0 Å². The van der Waals surface area contributed by atoms with E-state index < -0.39 is 17.7 Å². The lowest BCUT2D eigenvalue weighted by Crippen LogP contribution is -2.40. The van der Waals surface area contributed by atoms with E-state index in [0.29, 0.717) is 17.7 Å². The number of ether oxygens (including phenoxy) is 3. The topological polar surface area (TPSA) is 77.4 Å². The molecule has 202 valence electrons. The van der Waals surface area contributed by atoms with Crippen LogP contribution in [0.4, 0.5) is 10.5 Å². The Morgan fingerprint density at radius 3 is 2.42 bits per heavy atom. The minimum Gasteiger partial charge on any atom is -0.496 e. The zero-order valence-corrected chi connectivity index (χ0v) is 24.2. The fourth-order valence-corrected chi connectivity index (χ4v) is 4.73. The summed E-state index contributed by atoms with van der Waals surface area (Å²) in [6, 6.07) is 13.1. The Kier molecular flexibility index (Phi) is 9.44. The Hall–Kier alpha value is -3.52. The third-order valence-corrected chi connectivity index (χ3v) is 6.60. The number of hydrogen-bond donors (Lipinski definition) is 0. The van der Waals surface area contributed by atoms with Crippen molar-refractivity contribution in [1.29, 1.82) is 0 Å². The molecular weight excluding hydrogens is 500 g/mol. The van der Waals surface area contributed by atoms with Crippen molar-refractivity contribution in [2.45, 2.75) is 51.5 Å². The average Bonchev–Trinajstić information content (AvgIpc) is 3.01. The standard InChI is InChI=1S/C30H36N2O5S/c1-19-13-22(31-17-20(2)27(19)35-6)18-32(29(34)37-30(3,4)5)23-14-21(15-24(16-23)38-8)25-11-9-10-12-26(25)28(33)36-7/h9-12,14-17H,13,18H2,1-8H3. The summed E-state index contributed by atoms with van der Waals surface area (Å²) in [5.74, 6) is 0.380. The van der Waals surface area contributed by atoms with Gasteiger partial charge < -0.3 is 14.2 Å². The third-order valence-electron chi connectivity index (χ3n) is 5.90. The SMILES string of the molecule is COC(=O)c1ccccc1-c1cc(SC)cc(N(CC2=NC=C(C)C(OC)=C(C)C2)C(=O)OC(C)(C)C)c1. The van der Waals surface area contributed by atoms with Gasteiger partial charge in [0.05, 0.1) is 26.3 Å². The predicted molar refractivity (Wildman–Crippen MR) is 154 cm³/mol. The van der Waals surface area contributed by atoms with E-state index in [1.165, 1.54) is 7.11 Å². The van der Waals surface area contributed by atoms with Gasteiger partial charge in [0.1, 0.15) is 11.4 Å². The fraction of sp³-hybridized carbons (Fsp3) is 0.367. The summed E-state index contributed by atoms with van der Waals surface area (Å²) in [4.78, 5) is 33.3. The van der Waals surface area contributed by atoms with Gasteiger partial charge >= 0.3 is 12.1 Å². The monoisotopic (exact) mass is 536 g/mol. The van der Waals surface area contributed by atoms with Crippen LogP contribution in [-0.4, -0.2) is 50.4 Å². The van der Waals surface area contributed by atoms with Crippen LogP contribution in [0.25, 0.3) is 11.1 Å².